The zero-order valence-electron chi connectivity index (χ0n) is 20.2. The number of carbonyl (C=O) groups is 2. The molecule has 0 spiro atoms. The molecule has 0 bridgehead atoms. The highest BCUT2D eigenvalue weighted by molar-refractivity contribution is 5.72. The van der Waals surface area contributed by atoms with Crippen LogP contribution < -0.4 is 0 Å². The lowest BCUT2D eigenvalue weighted by Crippen LogP contribution is -2.23. The zero-order valence-corrected chi connectivity index (χ0v) is 20.2. The van der Waals surface area contributed by atoms with Crippen molar-refractivity contribution in [1.82, 2.24) is 0 Å². The summed E-state index contributed by atoms with van der Waals surface area (Å²) in [6, 6.07) is 9.70. The highest BCUT2D eigenvalue weighted by Gasteiger charge is 2.17. The molecular formula is C27H44O5. The summed E-state index contributed by atoms with van der Waals surface area (Å²) in [4.78, 5) is 22.6. The van der Waals surface area contributed by atoms with Gasteiger partial charge in [-0.05, 0) is 31.2 Å². The molecule has 5 heteroatoms. The largest absolute Gasteiger partial charge is 0.479 e. The van der Waals surface area contributed by atoms with Gasteiger partial charge in [-0.3, -0.25) is 4.79 Å². The summed E-state index contributed by atoms with van der Waals surface area (Å²) < 4.78 is 11.0. The average Bonchev–Trinajstić information content (AvgIpc) is 2.77. The second-order valence-electron chi connectivity index (χ2n) is 8.76. The van der Waals surface area contributed by atoms with E-state index in [4.69, 9.17) is 9.47 Å². The summed E-state index contributed by atoms with van der Waals surface area (Å²) in [7, 11) is 0. The Hall–Kier alpha value is -1.88. The van der Waals surface area contributed by atoms with Gasteiger partial charge in [0.15, 0.2) is 6.10 Å². The summed E-state index contributed by atoms with van der Waals surface area (Å²) in [6.45, 7) is 4.01. The van der Waals surface area contributed by atoms with Crippen molar-refractivity contribution in [3.8, 4) is 0 Å². The van der Waals surface area contributed by atoms with E-state index >= 15 is 0 Å². The fourth-order valence-corrected chi connectivity index (χ4v) is 3.92. The zero-order chi connectivity index (χ0) is 23.4. The molecule has 0 aliphatic heterocycles. The molecule has 0 saturated carbocycles. The third-order valence-electron chi connectivity index (χ3n) is 5.77. The summed E-state index contributed by atoms with van der Waals surface area (Å²) in [5.74, 6) is -1.03. The molecule has 1 rings (SSSR count). The number of benzene rings is 1. The number of hydrogen-bond donors (Lipinski definition) is 1. The van der Waals surface area contributed by atoms with E-state index in [0.717, 1.165) is 56.9 Å². The lowest BCUT2D eigenvalue weighted by molar-refractivity contribution is -0.152. The minimum Gasteiger partial charge on any atom is -0.479 e. The maximum atomic E-state index is 11.4. The number of aliphatic carboxylic acids is 1. The minimum absolute atomic E-state index is 0.0961. The Morgan fingerprint density at radius 3 is 1.88 bits per heavy atom. The van der Waals surface area contributed by atoms with Crippen LogP contribution in [0.4, 0.5) is 0 Å². The fourth-order valence-electron chi connectivity index (χ4n) is 3.92. The topological polar surface area (TPSA) is 72.8 Å². The minimum atomic E-state index is -0.869. The number of ether oxygens (including phenoxy) is 2. The van der Waals surface area contributed by atoms with E-state index in [2.05, 4.69) is 6.92 Å². The van der Waals surface area contributed by atoms with E-state index in [1.165, 1.54) is 39.0 Å². The predicted octanol–water partition coefficient (Wildman–Crippen LogP) is 7.07. The van der Waals surface area contributed by atoms with Crippen molar-refractivity contribution in [2.24, 2.45) is 0 Å². The Labute approximate surface area is 194 Å². The third kappa shape index (κ3) is 15.0. The molecule has 0 saturated heterocycles. The first kappa shape index (κ1) is 28.2. The van der Waals surface area contributed by atoms with Gasteiger partial charge < -0.3 is 14.6 Å². The fraction of sp³-hybridized carbons (Fsp3) is 0.704. The molecule has 0 aliphatic carbocycles. The summed E-state index contributed by atoms with van der Waals surface area (Å²) in [5.41, 5.74) is 1.00. The van der Waals surface area contributed by atoms with Crippen LogP contribution in [0.1, 0.15) is 109 Å². The van der Waals surface area contributed by atoms with Crippen LogP contribution in [0.5, 0.6) is 0 Å². The molecule has 0 fully saturated rings. The van der Waals surface area contributed by atoms with Crippen molar-refractivity contribution >= 4 is 11.9 Å². The van der Waals surface area contributed by atoms with E-state index < -0.39 is 12.1 Å². The van der Waals surface area contributed by atoms with Gasteiger partial charge in [-0.2, -0.15) is 0 Å². The maximum absolute atomic E-state index is 11.4. The Kier molecular flexibility index (Phi) is 16.4. The molecule has 0 heterocycles. The van der Waals surface area contributed by atoms with Crippen molar-refractivity contribution in [2.45, 2.75) is 123 Å². The number of carboxylic acid groups (broad SMARTS) is 1. The third-order valence-corrected chi connectivity index (χ3v) is 5.77. The quantitative estimate of drug-likeness (QED) is 0.171. The molecule has 2 unspecified atom stereocenters. The number of hydrogen-bond acceptors (Lipinski definition) is 4. The van der Waals surface area contributed by atoms with Crippen LogP contribution in [0.15, 0.2) is 30.3 Å². The molecule has 0 aliphatic rings. The number of unbranched alkanes of at least 4 members (excludes halogenated alkanes) is 9. The van der Waals surface area contributed by atoms with Gasteiger partial charge in [-0.25, -0.2) is 4.79 Å². The molecule has 0 aromatic heterocycles. The smallest absolute Gasteiger partial charge is 0.332 e. The number of rotatable bonds is 20. The van der Waals surface area contributed by atoms with Crippen molar-refractivity contribution < 1.29 is 24.2 Å². The van der Waals surface area contributed by atoms with Gasteiger partial charge in [-0.15, -0.1) is 0 Å². The number of carboxylic acids is 1. The molecule has 182 valence electrons. The summed E-state index contributed by atoms with van der Waals surface area (Å²) in [5, 5.41) is 9.36. The average molecular weight is 449 g/mol. The second kappa shape index (κ2) is 18.7. The van der Waals surface area contributed by atoms with Crippen LogP contribution in [-0.4, -0.2) is 29.3 Å². The summed E-state index contributed by atoms with van der Waals surface area (Å²) >= 11 is 0. The van der Waals surface area contributed by atoms with Crippen LogP contribution in [0.3, 0.4) is 0 Å². The van der Waals surface area contributed by atoms with E-state index in [9.17, 15) is 14.7 Å². The number of esters is 1. The van der Waals surface area contributed by atoms with Crippen LogP contribution in [-0.2, 0) is 25.7 Å². The van der Waals surface area contributed by atoms with Gasteiger partial charge in [0.1, 0.15) is 6.10 Å². The molecule has 1 N–H and O–H groups in total. The van der Waals surface area contributed by atoms with E-state index in [1.54, 1.807) is 0 Å². The second-order valence-corrected chi connectivity index (χ2v) is 8.76. The normalized spacial score (nSPS) is 12.9. The Morgan fingerprint density at radius 1 is 0.812 bits per heavy atom. The first-order valence-corrected chi connectivity index (χ1v) is 12.6. The van der Waals surface area contributed by atoms with Crippen LogP contribution in [0.2, 0.25) is 0 Å². The molecule has 0 radical (unpaired) electrons. The summed E-state index contributed by atoms with van der Waals surface area (Å²) in [6.07, 6.45) is 14.5. The first-order valence-electron chi connectivity index (χ1n) is 12.6. The van der Waals surface area contributed by atoms with Gasteiger partial charge in [0.25, 0.3) is 0 Å². The van der Waals surface area contributed by atoms with E-state index in [-0.39, 0.29) is 12.1 Å². The van der Waals surface area contributed by atoms with Crippen molar-refractivity contribution in [1.29, 1.82) is 0 Å². The Bertz CT molecular complexity index is 601. The van der Waals surface area contributed by atoms with Gasteiger partial charge in [0.2, 0.25) is 0 Å². The molecular weight excluding hydrogens is 404 g/mol. The van der Waals surface area contributed by atoms with Crippen molar-refractivity contribution in [3.63, 3.8) is 0 Å². The highest BCUT2D eigenvalue weighted by atomic mass is 16.5. The van der Waals surface area contributed by atoms with Gasteiger partial charge in [-0.1, -0.05) is 101 Å². The molecule has 1 aromatic carbocycles. The molecule has 2 atom stereocenters. The molecule has 0 amide bonds. The highest BCUT2D eigenvalue weighted by Crippen LogP contribution is 2.17. The molecule has 32 heavy (non-hydrogen) atoms. The van der Waals surface area contributed by atoms with E-state index in [0.29, 0.717) is 13.0 Å². The van der Waals surface area contributed by atoms with Gasteiger partial charge >= 0.3 is 11.9 Å². The maximum Gasteiger partial charge on any atom is 0.332 e. The standard InChI is InChI=1S/C27H44O5/c1-3-4-19-25(32-23(2)28)20-15-10-8-6-5-7-9-11-16-21-26(27(29)30)31-22-24-17-13-12-14-18-24/h12-14,17-18,25-26H,3-11,15-16,19-22H2,1-2H3,(H,29,30). The van der Waals surface area contributed by atoms with Crippen molar-refractivity contribution in [2.75, 3.05) is 0 Å². The van der Waals surface area contributed by atoms with Gasteiger partial charge in [0, 0.05) is 6.92 Å². The van der Waals surface area contributed by atoms with Gasteiger partial charge in [0.05, 0.1) is 6.61 Å². The SMILES string of the molecule is CCCCC(CCCCCCCCCCCC(OCc1ccccc1)C(=O)O)OC(C)=O. The number of carbonyl (C=O) groups excluding carboxylic acids is 1. The Morgan fingerprint density at radius 2 is 1.34 bits per heavy atom. The predicted molar refractivity (Wildman–Crippen MR) is 129 cm³/mol. The van der Waals surface area contributed by atoms with Crippen LogP contribution in [0, 0.1) is 0 Å². The monoisotopic (exact) mass is 448 g/mol. The van der Waals surface area contributed by atoms with Crippen molar-refractivity contribution in [3.05, 3.63) is 35.9 Å². The lowest BCUT2D eigenvalue weighted by Gasteiger charge is -2.16. The van der Waals surface area contributed by atoms with Crippen LogP contribution in [0.25, 0.3) is 0 Å². The Balaban J connectivity index is 2.00. The van der Waals surface area contributed by atoms with E-state index in [1.807, 2.05) is 30.3 Å². The van der Waals surface area contributed by atoms with Crippen LogP contribution >= 0.6 is 0 Å². The molecule has 5 nitrogen and oxygen atoms in total. The first-order chi connectivity index (χ1) is 15.5. The lowest BCUT2D eigenvalue weighted by atomic mass is 10.0. The molecule has 1 aromatic rings.